The fourth-order valence-electron chi connectivity index (χ4n) is 2.54. The molecule has 1 aliphatic carbocycles. The summed E-state index contributed by atoms with van der Waals surface area (Å²) in [4.78, 5) is 14.0. The molecule has 0 aromatic heterocycles. The number of alkyl halides is 2. The van der Waals surface area contributed by atoms with Crippen molar-refractivity contribution in [3.63, 3.8) is 0 Å². The van der Waals surface area contributed by atoms with Gasteiger partial charge < -0.3 is 14.4 Å². The lowest BCUT2D eigenvalue weighted by Crippen LogP contribution is -2.39. The summed E-state index contributed by atoms with van der Waals surface area (Å²) in [6.45, 7) is 5.11. The summed E-state index contributed by atoms with van der Waals surface area (Å²) in [7, 11) is 0. The number of nitrogens with zero attached hydrogens (tertiary/aromatic N) is 1. The van der Waals surface area contributed by atoms with Crippen LogP contribution in [0.4, 0.5) is 0 Å². The van der Waals surface area contributed by atoms with Crippen molar-refractivity contribution < 1.29 is 14.3 Å². The van der Waals surface area contributed by atoms with Gasteiger partial charge in [0.2, 0.25) is 4.33 Å². The molecule has 1 saturated heterocycles. The van der Waals surface area contributed by atoms with E-state index in [1.165, 1.54) is 0 Å². The lowest BCUT2D eigenvalue weighted by Gasteiger charge is -2.26. The number of rotatable bonds is 6. The molecule has 6 heteroatoms. The summed E-state index contributed by atoms with van der Waals surface area (Å²) in [5, 5.41) is 0. The quantitative estimate of drug-likeness (QED) is 0.558. The van der Waals surface area contributed by atoms with E-state index in [1.807, 2.05) is 32.1 Å². The molecule has 1 heterocycles. The molecule has 0 radical (unpaired) electrons. The average molecular weight is 320 g/mol. The second-order valence-electron chi connectivity index (χ2n) is 4.69. The maximum atomic E-state index is 12.4. The van der Waals surface area contributed by atoms with Crippen molar-refractivity contribution in [2.75, 3.05) is 19.8 Å². The first-order valence-corrected chi connectivity index (χ1v) is 7.57. The Kier molecular flexibility index (Phi) is 5.13. The number of carbonyl (C=O) groups is 1. The van der Waals surface area contributed by atoms with Crippen LogP contribution in [0.2, 0.25) is 0 Å². The lowest BCUT2D eigenvalue weighted by molar-refractivity contribution is -0.153. The normalized spacial score (nSPS) is 24.2. The second-order valence-corrected chi connectivity index (χ2v) is 6.07. The summed E-state index contributed by atoms with van der Waals surface area (Å²) in [6, 6.07) is 0. The van der Waals surface area contributed by atoms with E-state index in [0.29, 0.717) is 26.2 Å². The molecular weight excluding hydrogens is 301 g/mol. The van der Waals surface area contributed by atoms with Gasteiger partial charge in [-0.2, -0.15) is 0 Å². The Labute approximate surface area is 129 Å². The van der Waals surface area contributed by atoms with Crippen molar-refractivity contribution in [3.8, 4) is 0 Å². The van der Waals surface area contributed by atoms with Crippen LogP contribution in [-0.4, -0.2) is 41.2 Å². The van der Waals surface area contributed by atoms with Gasteiger partial charge in [-0.15, -0.1) is 0 Å². The van der Waals surface area contributed by atoms with Crippen molar-refractivity contribution >= 4 is 29.1 Å². The first-order chi connectivity index (χ1) is 9.52. The van der Waals surface area contributed by atoms with Gasteiger partial charge in [-0.3, -0.25) is 4.79 Å². The number of hydrogen-bond donors (Lipinski definition) is 0. The summed E-state index contributed by atoms with van der Waals surface area (Å²) in [5.41, 5.74) is 0.840. The predicted octanol–water partition coefficient (Wildman–Crippen LogP) is 2.86. The van der Waals surface area contributed by atoms with Gasteiger partial charge in [0.25, 0.3) is 5.91 Å². The van der Waals surface area contributed by atoms with Crippen LogP contribution in [0.1, 0.15) is 20.3 Å². The second kappa shape index (κ2) is 6.48. The van der Waals surface area contributed by atoms with Crippen LogP contribution in [0.3, 0.4) is 0 Å². The van der Waals surface area contributed by atoms with Crippen molar-refractivity contribution in [1.82, 2.24) is 4.90 Å². The highest BCUT2D eigenvalue weighted by atomic mass is 35.5. The third kappa shape index (κ3) is 2.89. The highest BCUT2D eigenvalue weighted by molar-refractivity contribution is 6.59. The van der Waals surface area contributed by atoms with E-state index in [2.05, 4.69) is 0 Å². The minimum Gasteiger partial charge on any atom is -0.351 e. The van der Waals surface area contributed by atoms with E-state index in [1.54, 1.807) is 4.90 Å². The predicted molar refractivity (Wildman–Crippen MR) is 78.5 cm³/mol. The number of fused-ring (bicyclic) bond motifs is 1. The summed E-state index contributed by atoms with van der Waals surface area (Å²) < 4.78 is 9.58. The maximum absolute atomic E-state index is 12.4. The SMILES string of the molecule is CCOC(CN1C(=O)C(Cl)(Cl)C2CC=CC=C21)OCC. The number of halogens is 2. The van der Waals surface area contributed by atoms with Crippen molar-refractivity contribution in [1.29, 1.82) is 0 Å². The fraction of sp³-hybridized carbons (Fsp3) is 0.643. The van der Waals surface area contributed by atoms with E-state index in [0.717, 1.165) is 5.70 Å². The first kappa shape index (κ1) is 15.8. The van der Waals surface area contributed by atoms with Gasteiger partial charge in [-0.1, -0.05) is 35.4 Å². The number of carbonyl (C=O) groups excluding carboxylic acids is 1. The number of allylic oxidation sites excluding steroid dienone is 4. The zero-order valence-electron chi connectivity index (χ0n) is 11.6. The smallest absolute Gasteiger partial charge is 0.264 e. The zero-order chi connectivity index (χ0) is 14.8. The van der Waals surface area contributed by atoms with E-state index >= 15 is 0 Å². The number of ether oxygens (including phenoxy) is 2. The number of hydrogen-bond acceptors (Lipinski definition) is 3. The third-order valence-electron chi connectivity index (χ3n) is 3.45. The molecule has 0 saturated carbocycles. The number of amides is 1. The lowest BCUT2D eigenvalue weighted by atomic mass is 9.96. The first-order valence-electron chi connectivity index (χ1n) is 6.82. The Hall–Kier alpha value is -0.550. The summed E-state index contributed by atoms with van der Waals surface area (Å²) in [5.74, 6) is -0.502. The van der Waals surface area contributed by atoms with Gasteiger partial charge in [0.1, 0.15) is 0 Å². The van der Waals surface area contributed by atoms with E-state index in [-0.39, 0.29) is 11.8 Å². The van der Waals surface area contributed by atoms with Gasteiger partial charge in [-0.05, 0) is 26.3 Å². The average Bonchev–Trinajstić information content (AvgIpc) is 2.61. The molecule has 112 valence electrons. The van der Waals surface area contributed by atoms with Crippen molar-refractivity contribution in [2.45, 2.75) is 30.9 Å². The molecule has 1 atom stereocenters. The minimum absolute atomic E-state index is 0.202. The molecule has 1 aliphatic heterocycles. The van der Waals surface area contributed by atoms with E-state index < -0.39 is 10.6 Å². The molecule has 4 nitrogen and oxygen atoms in total. The monoisotopic (exact) mass is 319 g/mol. The third-order valence-corrected chi connectivity index (χ3v) is 4.30. The number of likely N-dealkylation sites (tertiary alicyclic amines) is 1. The molecular formula is C14H19Cl2NO3. The van der Waals surface area contributed by atoms with Gasteiger partial charge >= 0.3 is 0 Å². The Morgan fingerprint density at radius 1 is 1.40 bits per heavy atom. The van der Waals surface area contributed by atoms with Crippen molar-refractivity contribution in [3.05, 3.63) is 23.9 Å². The van der Waals surface area contributed by atoms with Gasteiger partial charge in [0, 0.05) is 24.8 Å². The molecule has 0 bridgehead atoms. The Bertz CT molecular complexity index is 428. The Morgan fingerprint density at radius 3 is 2.65 bits per heavy atom. The molecule has 0 spiro atoms. The largest absolute Gasteiger partial charge is 0.351 e. The Balaban J connectivity index is 2.19. The maximum Gasteiger partial charge on any atom is 0.264 e. The highest BCUT2D eigenvalue weighted by Gasteiger charge is 2.55. The summed E-state index contributed by atoms with van der Waals surface area (Å²) in [6.07, 6.45) is 5.95. The molecule has 0 aromatic carbocycles. The minimum atomic E-state index is -1.40. The fourth-order valence-corrected chi connectivity index (χ4v) is 3.14. The molecule has 20 heavy (non-hydrogen) atoms. The molecule has 2 rings (SSSR count). The van der Waals surface area contributed by atoms with Crippen molar-refractivity contribution in [2.24, 2.45) is 5.92 Å². The van der Waals surface area contributed by atoms with Gasteiger partial charge in [0.15, 0.2) is 6.29 Å². The molecule has 2 aliphatic rings. The van der Waals surface area contributed by atoms with Crippen LogP contribution < -0.4 is 0 Å². The molecule has 1 fully saturated rings. The van der Waals surface area contributed by atoms with Crippen LogP contribution in [0.25, 0.3) is 0 Å². The standard InChI is InChI=1S/C14H19Cl2NO3/c1-3-19-12(20-4-2)9-17-11-8-6-5-7-10(11)14(15,16)13(17)18/h5-6,8,10,12H,3-4,7,9H2,1-2H3. The molecule has 1 unspecified atom stereocenters. The molecule has 0 N–H and O–H groups in total. The van der Waals surface area contributed by atoms with Crippen LogP contribution in [0, 0.1) is 5.92 Å². The van der Waals surface area contributed by atoms with E-state index in [9.17, 15) is 4.79 Å². The molecule has 0 aromatic rings. The van der Waals surface area contributed by atoms with E-state index in [4.69, 9.17) is 32.7 Å². The topological polar surface area (TPSA) is 38.8 Å². The zero-order valence-corrected chi connectivity index (χ0v) is 13.2. The van der Waals surface area contributed by atoms with Crippen LogP contribution in [0.5, 0.6) is 0 Å². The van der Waals surface area contributed by atoms with Gasteiger partial charge in [0.05, 0.1) is 6.54 Å². The van der Waals surface area contributed by atoms with Crippen LogP contribution in [-0.2, 0) is 14.3 Å². The van der Waals surface area contributed by atoms with Gasteiger partial charge in [-0.25, -0.2) is 0 Å². The summed E-state index contributed by atoms with van der Waals surface area (Å²) >= 11 is 12.5. The highest BCUT2D eigenvalue weighted by Crippen LogP contribution is 2.48. The molecule has 1 amide bonds. The van der Waals surface area contributed by atoms with Crippen LogP contribution in [0.15, 0.2) is 23.9 Å². The van der Waals surface area contributed by atoms with Crippen LogP contribution >= 0.6 is 23.2 Å². The Morgan fingerprint density at radius 2 is 2.05 bits per heavy atom.